The third-order valence-electron chi connectivity index (χ3n) is 0.0833. The predicted molar refractivity (Wildman–Crippen MR) is 21.5 cm³/mol. The Balaban J connectivity index is -0.0000000450. The van der Waals surface area contributed by atoms with Crippen LogP contribution in [-0.2, 0) is 55.7 Å². The first kappa shape index (κ1) is 15.8. The first-order valence-corrected chi connectivity index (χ1v) is 0.816. The molecule has 1 radical (unpaired) electrons. The molecule has 0 saturated carbocycles. The van der Waals surface area contributed by atoms with Crippen LogP contribution in [0.15, 0.2) is 0 Å². The normalized spacial score (nSPS) is 3.50. The standard InChI is InChI=1S/C2H3O2.H2S.Y/c1-4-2-3;;/h1H3;1H2;/q-1;;/p-1. The predicted octanol–water partition coefficient (Wildman–Crippen LogP) is -0.573. The molecule has 0 aromatic carbocycles. The van der Waals surface area contributed by atoms with E-state index in [4.69, 9.17) is 4.79 Å². The van der Waals surface area contributed by atoms with E-state index in [1.165, 1.54) is 13.6 Å². The molecule has 0 aliphatic heterocycles. The summed E-state index contributed by atoms with van der Waals surface area (Å²) in [6, 6.07) is 0. The number of ether oxygens (including phenoxy) is 1. The van der Waals surface area contributed by atoms with E-state index in [0.717, 1.165) is 0 Å². The molecule has 0 aromatic rings. The Hall–Kier alpha value is 0.924. The number of hydrogen-bond acceptors (Lipinski definition) is 3. The first-order valence-electron chi connectivity index (χ1n) is 0.816. The molecule has 0 unspecified atom stereocenters. The van der Waals surface area contributed by atoms with Gasteiger partial charge in [0, 0.05) is 39.8 Å². The number of methoxy groups -OCH3 is 1. The molecular weight excluding hydrogens is 177 g/mol. The maximum Gasteiger partial charge on any atom is 0.0362 e. The molecule has 4 heteroatoms. The van der Waals surface area contributed by atoms with Crippen LogP contribution in [0.3, 0.4) is 0 Å². The van der Waals surface area contributed by atoms with Crippen molar-refractivity contribution in [2.75, 3.05) is 7.11 Å². The van der Waals surface area contributed by atoms with Gasteiger partial charge in [0.1, 0.15) is 0 Å². The molecule has 35 valence electrons. The van der Waals surface area contributed by atoms with Crippen LogP contribution in [0.5, 0.6) is 0 Å². The third kappa shape index (κ3) is 20.5. The van der Waals surface area contributed by atoms with Gasteiger partial charge in [0.2, 0.25) is 0 Å². The number of hydrogen-bond donors (Lipinski definition) is 0. The molecular formula is C2H4O2SY-2. The zero-order valence-corrected chi connectivity index (χ0v) is 7.07. The summed E-state index contributed by atoms with van der Waals surface area (Å²) >= 11 is 0. The number of carbonyl (C=O) groups excluding carboxylic acids is 1. The van der Waals surface area contributed by atoms with Crippen LogP contribution >= 0.6 is 0 Å². The fourth-order valence-corrected chi connectivity index (χ4v) is 0. The summed E-state index contributed by atoms with van der Waals surface area (Å²) < 4.78 is 3.74. The average molecular weight is 181 g/mol. The second-order valence-corrected chi connectivity index (χ2v) is 0.287. The second kappa shape index (κ2) is 16.8. The number of thiol groups is 1. The van der Waals surface area contributed by atoms with Gasteiger partial charge in [0.25, 0.3) is 0 Å². The van der Waals surface area contributed by atoms with E-state index in [2.05, 4.69) is 4.74 Å². The van der Waals surface area contributed by atoms with Crippen molar-refractivity contribution in [1.82, 2.24) is 0 Å². The van der Waals surface area contributed by atoms with Crippen LogP contribution in [0.25, 0.3) is 0 Å². The number of rotatable bonds is 1. The van der Waals surface area contributed by atoms with Gasteiger partial charge in [-0.2, -0.15) is 0 Å². The van der Waals surface area contributed by atoms with E-state index in [0.29, 0.717) is 0 Å². The molecule has 2 nitrogen and oxygen atoms in total. The second-order valence-electron chi connectivity index (χ2n) is 0.287. The van der Waals surface area contributed by atoms with E-state index < -0.39 is 0 Å². The molecule has 0 aliphatic carbocycles. The molecule has 0 spiro atoms. The Labute approximate surface area is 69.0 Å². The van der Waals surface area contributed by atoms with Gasteiger partial charge in [0.05, 0.1) is 0 Å². The van der Waals surface area contributed by atoms with Gasteiger partial charge in [-0.05, 0) is 0 Å². The molecule has 0 fully saturated rings. The maximum absolute atomic E-state index is 8.83. The van der Waals surface area contributed by atoms with Crippen LogP contribution < -0.4 is 0 Å². The van der Waals surface area contributed by atoms with E-state index >= 15 is 0 Å². The van der Waals surface area contributed by atoms with E-state index in [9.17, 15) is 0 Å². The van der Waals surface area contributed by atoms with Gasteiger partial charge in [-0.3, -0.25) is 0 Å². The monoisotopic (exact) mass is 181 g/mol. The van der Waals surface area contributed by atoms with Crippen molar-refractivity contribution in [3.05, 3.63) is 0 Å². The Morgan fingerprint density at radius 3 is 1.83 bits per heavy atom. The van der Waals surface area contributed by atoms with Gasteiger partial charge in [0.15, 0.2) is 0 Å². The minimum absolute atomic E-state index is 0. The Morgan fingerprint density at radius 1 is 1.67 bits per heavy atom. The van der Waals surface area contributed by atoms with Crippen molar-refractivity contribution in [2.45, 2.75) is 0 Å². The summed E-state index contributed by atoms with van der Waals surface area (Å²) in [6.07, 6.45) is 0. The zero-order valence-electron chi connectivity index (χ0n) is 3.34. The Bertz CT molecular complexity index is 25.5. The topological polar surface area (TPSA) is 26.3 Å². The van der Waals surface area contributed by atoms with Gasteiger partial charge < -0.3 is 23.0 Å². The van der Waals surface area contributed by atoms with Gasteiger partial charge in [-0.1, -0.05) is 6.47 Å². The molecule has 0 saturated heterocycles. The van der Waals surface area contributed by atoms with Crippen molar-refractivity contribution in [1.29, 1.82) is 0 Å². The zero-order chi connectivity index (χ0) is 3.41. The van der Waals surface area contributed by atoms with Gasteiger partial charge in [-0.15, -0.1) is 0 Å². The quantitative estimate of drug-likeness (QED) is 0.308. The van der Waals surface area contributed by atoms with E-state index in [1.807, 2.05) is 0 Å². The van der Waals surface area contributed by atoms with Gasteiger partial charge >= 0.3 is 0 Å². The van der Waals surface area contributed by atoms with Crippen LogP contribution in [0.1, 0.15) is 0 Å². The van der Waals surface area contributed by atoms with Gasteiger partial charge in [-0.25, -0.2) is 0 Å². The minimum atomic E-state index is 0. The van der Waals surface area contributed by atoms with Crippen LogP contribution in [-0.4, -0.2) is 13.6 Å². The molecule has 0 bridgehead atoms. The third-order valence-corrected chi connectivity index (χ3v) is 0.0833. The molecule has 0 aromatic heterocycles. The molecule has 0 amide bonds. The summed E-state index contributed by atoms with van der Waals surface area (Å²) in [6.45, 7) is 1.18. The van der Waals surface area contributed by atoms with Crippen molar-refractivity contribution >= 4 is 20.0 Å². The summed E-state index contributed by atoms with van der Waals surface area (Å²) in [5.41, 5.74) is 0. The smallest absolute Gasteiger partial charge is 0.0362 e. The fourth-order valence-electron chi connectivity index (χ4n) is 0. The first-order chi connectivity index (χ1) is 1.91. The summed E-state index contributed by atoms with van der Waals surface area (Å²) in [5.74, 6) is 0. The fraction of sp³-hybridized carbons (Fsp3) is 0.500. The van der Waals surface area contributed by atoms with Crippen molar-refractivity contribution < 1.29 is 42.2 Å². The largest absolute Gasteiger partial charge is 0.813 e. The maximum atomic E-state index is 8.83. The molecule has 0 N–H and O–H groups in total. The van der Waals surface area contributed by atoms with Crippen molar-refractivity contribution in [3.63, 3.8) is 0 Å². The molecule has 0 heterocycles. The van der Waals surface area contributed by atoms with Crippen LogP contribution in [0.2, 0.25) is 0 Å². The molecule has 0 atom stereocenters. The molecule has 6 heavy (non-hydrogen) atoms. The molecule has 0 aliphatic rings. The van der Waals surface area contributed by atoms with Crippen LogP contribution in [0, 0.1) is 0 Å². The average Bonchev–Trinajstić information content (AvgIpc) is 1.37. The summed E-state index contributed by atoms with van der Waals surface area (Å²) in [7, 11) is 1.26. The molecule has 0 rings (SSSR count). The SMILES string of the molecule is CO[C-]=O.[SH-].[Y]. The van der Waals surface area contributed by atoms with E-state index in [-0.39, 0.29) is 46.2 Å². The summed E-state index contributed by atoms with van der Waals surface area (Å²) in [4.78, 5) is 8.83. The van der Waals surface area contributed by atoms with Crippen molar-refractivity contribution in [3.8, 4) is 0 Å². The van der Waals surface area contributed by atoms with Crippen molar-refractivity contribution in [2.24, 2.45) is 0 Å². The minimum Gasteiger partial charge on any atom is -0.813 e. The Kier molecular flexibility index (Phi) is 44.2. The van der Waals surface area contributed by atoms with E-state index in [1.54, 1.807) is 0 Å². The summed E-state index contributed by atoms with van der Waals surface area (Å²) in [5, 5.41) is 0. The van der Waals surface area contributed by atoms with Crippen LogP contribution in [0.4, 0.5) is 0 Å². The Morgan fingerprint density at radius 2 is 1.83 bits per heavy atom.